The number of hydrogen-bond acceptors (Lipinski definition) is 2. The highest BCUT2D eigenvalue weighted by Gasteiger charge is 2.16. The molecule has 0 atom stereocenters. The Labute approximate surface area is 137 Å². The molecule has 2 aromatic heterocycles. The molecule has 1 N–H and O–H groups in total. The van der Waals surface area contributed by atoms with Gasteiger partial charge in [-0.1, -0.05) is 54.1 Å². The second kappa shape index (κ2) is 5.31. The van der Waals surface area contributed by atoms with Gasteiger partial charge in [-0.15, -0.1) is 0 Å². The van der Waals surface area contributed by atoms with Crippen LogP contribution in [0.25, 0.3) is 28.2 Å². The molecule has 4 rings (SSSR count). The lowest BCUT2D eigenvalue weighted by molar-refractivity contribution is 0.978. The number of rotatable bonds is 2. The molecule has 0 saturated heterocycles. The van der Waals surface area contributed by atoms with Crippen molar-refractivity contribution in [2.24, 2.45) is 0 Å². The molecule has 5 heteroatoms. The number of nitriles is 1. The molecule has 0 aliphatic rings. The van der Waals surface area contributed by atoms with E-state index in [1.54, 1.807) is 4.52 Å². The van der Waals surface area contributed by atoms with Crippen molar-refractivity contribution in [2.75, 3.05) is 0 Å². The Balaban J connectivity index is 1.87. The maximum Gasteiger partial charge on any atom is 0.172 e. The van der Waals surface area contributed by atoms with Crippen LogP contribution in [0.15, 0.2) is 60.8 Å². The molecule has 0 bridgehead atoms. The SMILES string of the molecule is N#Cc1c(-c2ccccc2)[nH]n2cc(-c3ccc(Cl)cc3)nc12. The molecule has 0 radical (unpaired) electrons. The van der Waals surface area contributed by atoms with Gasteiger partial charge in [0.25, 0.3) is 0 Å². The van der Waals surface area contributed by atoms with Gasteiger partial charge in [-0.3, -0.25) is 5.10 Å². The highest BCUT2D eigenvalue weighted by molar-refractivity contribution is 6.30. The Morgan fingerprint density at radius 2 is 1.74 bits per heavy atom. The van der Waals surface area contributed by atoms with E-state index >= 15 is 0 Å². The molecule has 0 aliphatic heterocycles. The lowest BCUT2D eigenvalue weighted by Crippen LogP contribution is -1.84. The molecule has 0 spiro atoms. The molecule has 2 heterocycles. The van der Waals surface area contributed by atoms with Crippen molar-refractivity contribution in [3.05, 3.63) is 71.4 Å². The first kappa shape index (κ1) is 13.6. The van der Waals surface area contributed by atoms with Crippen molar-refractivity contribution in [3.8, 4) is 28.6 Å². The molecule has 0 aliphatic carbocycles. The number of fused-ring (bicyclic) bond motifs is 1. The van der Waals surface area contributed by atoms with Gasteiger partial charge in [0.1, 0.15) is 11.6 Å². The Kier molecular flexibility index (Phi) is 3.14. The van der Waals surface area contributed by atoms with Gasteiger partial charge in [0.05, 0.1) is 17.6 Å². The van der Waals surface area contributed by atoms with E-state index in [9.17, 15) is 5.26 Å². The number of imidazole rings is 1. The first-order valence-corrected chi connectivity index (χ1v) is 7.46. The number of nitrogens with one attached hydrogen (secondary N) is 1. The predicted molar refractivity (Wildman–Crippen MR) is 90.1 cm³/mol. The van der Waals surface area contributed by atoms with Crippen LogP contribution in [0.2, 0.25) is 5.02 Å². The van der Waals surface area contributed by atoms with Gasteiger partial charge in [0, 0.05) is 16.1 Å². The van der Waals surface area contributed by atoms with Crippen molar-refractivity contribution in [1.29, 1.82) is 5.26 Å². The second-order valence-corrected chi connectivity index (χ2v) is 5.60. The van der Waals surface area contributed by atoms with Crippen LogP contribution in [0.5, 0.6) is 0 Å². The normalized spacial score (nSPS) is 10.8. The number of benzene rings is 2. The molecule has 0 saturated carbocycles. The molecule has 2 aromatic carbocycles. The zero-order valence-electron chi connectivity index (χ0n) is 12.0. The van der Waals surface area contributed by atoms with Gasteiger partial charge in [0.15, 0.2) is 5.65 Å². The fraction of sp³-hybridized carbons (Fsp3) is 0. The second-order valence-electron chi connectivity index (χ2n) is 5.17. The largest absolute Gasteiger partial charge is 0.291 e. The standard InChI is InChI=1S/C18H11ClN4/c19-14-8-6-12(7-9-14)16-11-23-18(21-16)15(10-20)17(22-23)13-4-2-1-3-5-13/h1-9,11,22H. The van der Waals surface area contributed by atoms with Crippen LogP contribution in [-0.2, 0) is 0 Å². The summed E-state index contributed by atoms with van der Waals surface area (Å²) in [5.74, 6) is 0. The molecule has 0 unspecified atom stereocenters. The number of halogens is 1. The molecule has 0 fully saturated rings. The van der Waals surface area contributed by atoms with E-state index in [4.69, 9.17) is 11.6 Å². The number of aromatic amines is 1. The van der Waals surface area contributed by atoms with Gasteiger partial charge < -0.3 is 0 Å². The van der Waals surface area contributed by atoms with E-state index in [-0.39, 0.29) is 0 Å². The Hall–Kier alpha value is -3.03. The smallest absolute Gasteiger partial charge is 0.172 e. The average Bonchev–Trinajstić information content (AvgIpc) is 3.13. The van der Waals surface area contributed by atoms with E-state index in [2.05, 4.69) is 16.2 Å². The lowest BCUT2D eigenvalue weighted by Gasteiger charge is -1.98. The first-order chi connectivity index (χ1) is 11.3. The average molecular weight is 319 g/mol. The quantitative estimate of drug-likeness (QED) is 0.590. The van der Waals surface area contributed by atoms with Gasteiger partial charge in [0.2, 0.25) is 0 Å². The monoisotopic (exact) mass is 318 g/mol. The minimum absolute atomic E-state index is 0.538. The van der Waals surface area contributed by atoms with Crippen LogP contribution in [0.3, 0.4) is 0 Å². The third-order valence-corrected chi connectivity index (χ3v) is 3.98. The van der Waals surface area contributed by atoms with Crippen molar-refractivity contribution in [3.63, 3.8) is 0 Å². The van der Waals surface area contributed by atoms with Gasteiger partial charge >= 0.3 is 0 Å². The Bertz CT molecular complexity index is 1020. The first-order valence-electron chi connectivity index (χ1n) is 7.09. The number of hydrogen-bond donors (Lipinski definition) is 1. The fourth-order valence-electron chi connectivity index (χ4n) is 2.61. The minimum atomic E-state index is 0.538. The summed E-state index contributed by atoms with van der Waals surface area (Å²) in [5, 5.41) is 13.5. The number of aromatic nitrogens is 3. The van der Waals surface area contributed by atoms with Crippen LogP contribution in [0, 0.1) is 11.3 Å². The summed E-state index contributed by atoms with van der Waals surface area (Å²) in [6.07, 6.45) is 1.88. The summed E-state index contributed by atoms with van der Waals surface area (Å²) in [6, 6.07) is 19.5. The number of H-pyrrole nitrogens is 1. The molecule has 0 amide bonds. The van der Waals surface area contributed by atoms with E-state index in [1.807, 2.05) is 60.8 Å². The third-order valence-electron chi connectivity index (χ3n) is 3.73. The van der Waals surface area contributed by atoms with Gasteiger partial charge in [-0.05, 0) is 12.1 Å². The van der Waals surface area contributed by atoms with E-state index < -0.39 is 0 Å². The molecule has 4 aromatic rings. The van der Waals surface area contributed by atoms with E-state index in [0.29, 0.717) is 16.2 Å². The highest BCUT2D eigenvalue weighted by Crippen LogP contribution is 2.28. The summed E-state index contributed by atoms with van der Waals surface area (Å²) < 4.78 is 1.78. The van der Waals surface area contributed by atoms with Gasteiger partial charge in [-0.25, -0.2) is 9.50 Å². The predicted octanol–water partition coefficient (Wildman–Crippen LogP) is 4.52. The van der Waals surface area contributed by atoms with Crippen molar-refractivity contribution in [2.45, 2.75) is 0 Å². The molecule has 4 nitrogen and oxygen atoms in total. The summed E-state index contributed by atoms with van der Waals surface area (Å²) in [6.45, 7) is 0. The maximum absolute atomic E-state index is 9.54. The molecular weight excluding hydrogens is 308 g/mol. The van der Waals surface area contributed by atoms with Crippen LogP contribution < -0.4 is 0 Å². The fourth-order valence-corrected chi connectivity index (χ4v) is 2.74. The van der Waals surface area contributed by atoms with Crippen LogP contribution in [-0.4, -0.2) is 14.6 Å². The Morgan fingerprint density at radius 3 is 2.43 bits per heavy atom. The van der Waals surface area contributed by atoms with Gasteiger partial charge in [-0.2, -0.15) is 5.26 Å². The molecule has 110 valence electrons. The van der Waals surface area contributed by atoms with Crippen molar-refractivity contribution in [1.82, 2.24) is 14.6 Å². The number of nitrogens with zero attached hydrogens (tertiary/aromatic N) is 3. The van der Waals surface area contributed by atoms with Crippen molar-refractivity contribution >= 4 is 17.2 Å². The van der Waals surface area contributed by atoms with Crippen LogP contribution in [0.1, 0.15) is 5.56 Å². The molecular formula is C18H11ClN4. The zero-order chi connectivity index (χ0) is 15.8. The van der Waals surface area contributed by atoms with E-state index in [0.717, 1.165) is 22.5 Å². The zero-order valence-corrected chi connectivity index (χ0v) is 12.7. The van der Waals surface area contributed by atoms with Crippen LogP contribution >= 0.6 is 11.6 Å². The third kappa shape index (κ3) is 2.28. The summed E-state index contributed by atoms with van der Waals surface area (Å²) in [4.78, 5) is 4.60. The Morgan fingerprint density at radius 1 is 1.00 bits per heavy atom. The maximum atomic E-state index is 9.54. The van der Waals surface area contributed by atoms with E-state index in [1.165, 1.54) is 0 Å². The summed E-state index contributed by atoms with van der Waals surface area (Å²) >= 11 is 5.92. The topological polar surface area (TPSA) is 56.9 Å². The minimum Gasteiger partial charge on any atom is -0.291 e. The molecule has 23 heavy (non-hydrogen) atoms. The van der Waals surface area contributed by atoms with Crippen molar-refractivity contribution < 1.29 is 0 Å². The highest BCUT2D eigenvalue weighted by atomic mass is 35.5. The summed E-state index contributed by atoms with van der Waals surface area (Å²) in [7, 11) is 0. The van der Waals surface area contributed by atoms with Crippen LogP contribution in [0.4, 0.5) is 0 Å². The lowest BCUT2D eigenvalue weighted by atomic mass is 10.1. The summed E-state index contributed by atoms with van der Waals surface area (Å²) in [5.41, 5.74) is 4.65.